The van der Waals surface area contributed by atoms with Crippen molar-refractivity contribution in [1.29, 1.82) is 0 Å². The number of rotatable bonds is 5. The number of aromatic nitrogens is 3. The summed E-state index contributed by atoms with van der Waals surface area (Å²) >= 11 is 0. The number of carbonyl (C=O) groups excluding carboxylic acids is 1. The minimum Gasteiger partial charge on any atom is -0.497 e. The fourth-order valence-electron chi connectivity index (χ4n) is 3.62. The van der Waals surface area contributed by atoms with Crippen LogP contribution in [0.15, 0.2) is 47.1 Å². The summed E-state index contributed by atoms with van der Waals surface area (Å²) < 4.78 is 12.5. The van der Waals surface area contributed by atoms with E-state index in [4.69, 9.17) is 9.26 Å². The molecule has 1 fully saturated rings. The molecule has 0 radical (unpaired) electrons. The molecule has 4 rings (SSSR count). The Labute approximate surface area is 157 Å². The van der Waals surface area contributed by atoms with E-state index in [1.54, 1.807) is 19.4 Å². The molecule has 0 saturated carbocycles. The Bertz CT molecular complexity index is 929. The van der Waals surface area contributed by atoms with Crippen LogP contribution in [-0.2, 0) is 6.54 Å². The highest BCUT2D eigenvalue weighted by molar-refractivity contribution is 5.93. The molecule has 0 bridgehead atoms. The first-order valence-electron chi connectivity index (χ1n) is 9.15. The quantitative estimate of drug-likeness (QED) is 0.690. The van der Waals surface area contributed by atoms with Crippen LogP contribution in [0, 0.1) is 0 Å². The van der Waals surface area contributed by atoms with Crippen LogP contribution in [0.4, 0.5) is 0 Å². The Morgan fingerprint density at radius 3 is 2.85 bits per heavy atom. The molecule has 7 nitrogen and oxygen atoms in total. The molecule has 0 unspecified atom stereocenters. The molecule has 1 aliphatic heterocycles. The molecule has 1 aromatic carbocycles. The highest BCUT2D eigenvalue weighted by Gasteiger charge is 2.33. The predicted octanol–water partition coefficient (Wildman–Crippen LogP) is 3.54. The van der Waals surface area contributed by atoms with Gasteiger partial charge in [-0.05, 0) is 50.1 Å². The largest absolute Gasteiger partial charge is 0.497 e. The maximum Gasteiger partial charge on any atom is 0.276 e. The molecule has 2 aromatic heterocycles. The van der Waals surface area contributed by atoms with Gasteiger partial charge in [0.15, 0.2) is 11.5 Å². The van der Waals surface area contributed by atoms with Gasteiger partial charge < -0.3 is 14.2 Å². The zero-order valence-electron chi connectivity index (χ0n) is 15.5. The van der Waals surface area contributed by atoms with Crippen LogP contribution >= 0.6 is 0 Å². The van der Waals surface area contributed by atoms with Crippen molar-refractivity contribution in [3.63, 3.8) is 0 Å². The molecule has 1 atom stereocenters. The van der Waals surface area contributed by atoms with Crippen LogP contribution in [-0.4, -0.2) is 39.4 Å². The zero-order chi connectivity index (χ0) is 18.8. The van der Waals surface area contributed by atoms with Crippen LogP contribution in [0.1, 0.15) is 42.0 Å². The van der Waals surface area contributed by atoms with Crippen molar-refractivity contribution in [3.05, 3.63) is 54.0 Å². The first-order valence-corrected chi connectivity index (χ1v) is 9.15. The molecule has 0 aliphatic carbocycles. The number of benzene rings is 1. The molecule has 7 heteroatoms. The molecule has 0 spiro atoms. The smallest absolute Gasteiger partial charge is 0.276 e. The Morgan fingerprint density at radius 2 is 2.11 bits per heavy atom. The van der Waals surface area contributed by atoms with Crippen molar-refractivity contribution in [3.8, 4) is 17.1 Å². The lowest BCUT2D eigenvalue weighted by atomic mass is 10.1. The molecule has 1 aliphatic rings. The molecule has 3 heterocycles. The highest BCUT2D eigenvalue weighted by Crippen LogP contribution is 2.33. The maximum atomic E-state index is 13.1. The van der Waals surface area contributed by atoms with Gasteiger partial charge in [0, 0.05) is 30.9 Å². The number of hydrogen-bond donors (Lipinski definition) is 0. The zero-order valence-corrected chi connectivity index (χ0v) is 15.5. The van der Waals surface area contributed by atoms with E-state index in [1.165, 1.54) is 0 Å². The summed E-state index contributed by atoms with van der Waals surface area (Å²) in [6.07, 6.45) is 3.69. The summed E-state index contributed by atoms with van der Waals surface area (Å²) in [5.41, 5.74) is 2.25. The summed E-state index contributed by atoms with van der Waals surface area (Å²) in [5.74, 6) is 1.22. The van der Waals surface area contributed by atoms with Gasteiger partial charge in [-0.3, -0.25) is 9.48 Å². The minimum atomic E-state index is -0.107. The second-order valence-corrected chi connectivity index (χ2v) is 6.53. The fraction of sp³-hybridized carbons (Fsp3) is 0.350. The summed E-state index contributed by atoms with van der Waals surface area (Å²) in [6.45, 7) is 3.55. The molecule has 27 heavy (non-hydrogen) atoms. The Hall–Kier alpha value is -3.09. The molecule has 0 N–H and O–H groups in total. The lowest BCUT2D eigenvalue weighted by molar-refractivity contribution is 0.0719. The van der Waals surface area contributed by atoms with E-state index in [0.717, 1.165) is 36.4 Å². The van der Waals surface area contributed by atoms with Gasteiger partial charge in [0.25, 0.3) is 5.91 Å². The van der Waals surface area contributed by atoms with Crippen LogP contribution in [0.5, 0.6) is 5.75 Å². The van der Waals surface area contributed by atoms with Gasteiger partial charge in [0.2, 0.25) is 0 Å². The standard InChI is InChI=1S/C20H22N4O3/c1-3-24-18(10-11-21-24)17-5-4-12-23(17)20(25)16-13-19(27-22-16)14-6-8-15(26-2)9-7-14/h6-11,13,17H,3-5,12H2,1-2H3/t17-/m0/s1. The Kier molecular flexibility index (Phi) is 4.66. The molecule has 3 aromatic rings. The van der Waals surface area contributed by atoms with Crippen LogP contribution in [0.2, 0.25) is 0 Å². The van der Waals surface area contributed by atoms with E-state index in [0.29, 0.717) is 18.0 Å². The van der Waals surface area contributed by atoms with Crippen molar-refractivity contribution in [2.24, 2.45) is 0 Å². The number of ether oxygens (including phenoxy) is 1. The number of nitrogens with zero attached hydrogens (tertiary/aromatic N) is 4. The van der Waals surface area contributed by atoms with Gasteiger partial charge in [-0.15, -0.1) is 0 Å². The topological polar surface area (TPSA) is 73.4 Å². The maximum absolute atomic E-state index is 13.1. The van der Waals surface area contributed by atoms with Gasteiger partial charge in [-0.25, -0.2) is 0 Å². The highest BCUT2D eigenvalue weighted by atomic mass is 16.5. The van der Waals surface area contributed by atoms with Gasteiger partial charge in [0.1, 0.15) is 5.75 Å². The second kappa shape index (κ2) is 7.26. The van der Waals surface area contributed by atoms with E-state index in [9.17, 15) is 4.79 Å². The normalized spacial score (nSPS) is 16.7. The Morgan fingerprint density at radius 1 is 1.30 bits per heavy atom. The molecule has 140 valence electrons. The monoisotopic (exact) mass is 366 g/mol. The minimum absolute atomic E-state index is 0.0288. The Balaban J connectivity index is 1.56. The lowest BCUT2D eigenvalue weighted by Gasteiger charge is -2.24. The summed E-state index contributed by atoms with van der Waals surface area (Å²) in [5, 5.41) is 8.36. The molecule has 1 amide bonds. The third-order valence-corrected chi connectivity index (χ3v) is 5.01. The van der Waals surface area contributed by atoms with Crippen molar-refractivity contribution in [1.82, 2.24) is 19.8 Å². The molecular weight excluding hydrogens is 344 g/mol. The molecule has 1 saturated heterocycles. The third-order valence-electron chi connectivity index (χ3n) is 5.01. The van der Waals surface area contributed by atoms with Gasteiger partial charge in [-0.2, -0.15) is 5.10 Å². The second-order valence-electron chi connectivity index (χ2n) is 6.53. The lowest BCUT2D eigenvalue weighted by Crippen LogP contribution is -2.32. The van der Waals surface area contributed by atoms with E-state index < -0.39 is 0 Å². The fourth-order valence-corrected chi connectivity index (χ4v) is 3.62. The van der Waals surface area contributed by atoms with Gasteiger partial charge in [0.05, 0.1) is 18.8 Å². The van der Waals surface area contributed by atoms with Crippen LogP contribution < -0.4 is 4.74 Å². The average molecular weight is 366 g/mol. The third kappa shape index (κ3) is 3.20. The van der Waals surface area contributed by atoms with Crippen molar-refractivity contribution in [2.45, 2.75) is 32.4 Å². The number of carbonyl (C=O) groups is 1. The van der Waals surface area contributed by atoms with Crippen LogP contribution in [0.25, 0.3) is 11.3 Å². The van der Waals surface area contributed by atoms with Crippen molar-refractivity contribution < 1.29 is 14.1 Å². The first kappa shape index (κ1) is 17.3. The van der Waals surface area contributed by atoms with Crippen LogP contribution in [0.3, 0.4) is 0 Å². The predicted molar refractivity (Wildman–Crippen MR) is 99.4 cm³/mol. The number of likely N-dealkylation sites (tertiary alicyclic amines) is 1. The van der Waals surface area contributed by atoms with Crippen molar-refractivity contribution >= 4 is 5.91 Å². The number of hydrogen-bond acceptors (Lipinski definition) is 5. The number of aryl methyl sites for hydroxylation is 1. The number of amides is 1. The summed E-state index contributed by atoms with van der Waals surface area (Å²) in [7, 11) is 1.62. The summed E-state index contributed by atoms with van der Waals surface area (Å²) in [6, 6.07) is 11.2. The van der Waals surface area contributed by atoms with E-state index in [1.807, 2.05) is 39.9 Å². The average Bonchev–Trinajstić information content (AvgIpc) is 3.47. The van der Waals surface area contributed by atoms with E-state index in [2.05, 4.69) is 17.2 Å². The van der Waals surface area contributed by atoms with Crippen molar-refractivity contribution in [2.75, 3.05) is 13.7 Å². The molecular formula is C20H22N4O3. The number of methoxy groups -OCH3 is 1. The SMILES string of the molecule is CCn1nccc1[C@@H]1CCCN1C(=O)c1cc(-c2ccc(OC)cc2)on1. The summed E-state index contributed by atoms with van der Waals surface area (Å²) in [4.78, 5) is 14.9. The van der Waals surface area contributed by atoms with Gasteiger partial charge in [-0.1, -0.05) is 5.16 Å². The first-order chi connectivity index (χ1) is 13.2. The van der Waals surface area contributed by atoms with E-state index in [-0.39, 0.29) is 11.9 Å². The van der Waals surface area contributed by atoms with Gasteiger partial charge >= 0.3 is 0 Å². The van der Waals surface area contributed by atoms with E-state index >= 15 is 0 Å².